The van der Waals surface area contributed by atoms with E-state index in [0.29, 0.717) is 6.42 Å². The molecule has 0 aliphatic carbocycles. The lowest BCUT2D eigenvalue weighted by Gasteiger charge is -1.55. The van der Waals surface area contributed by atoms with Crippen LogP contribution in [0.25, 0.3) is 0 Å². The van der Waals surface area contributed by atoms with Gasteiger partial charge in [0.05, 0.1) is 0 Å². The van der Waals surface area contributed by atoms with Gasteiger partial charge in [0.2, 0.25) is 0 Å². The number of hydrogen-bond donors (Lipinski definition) is 0. The average Bonchev–Trinajstić information content (AvgIpc) is 1.41. The second-order valence-corrected chi connectivity index (χ2v) is 0.625. The van der Waals surface area contributed by atoms with Crippen LogP contribution < -0.4 is 0 Å². The van der Waals surface area contributed by atoms with E-state index in [2.05, 4.69) is 5.92 Å². The van der Waals surface area contributed by atoms with Crippen LogP contribution in [0.4, 0.5) is 4.39 Å². The van der Waals surface area contributed by atoms with Gasteiger partial charge in [0.15, 0.2) is 0 Å². The third-order valence-electron chi connectivity index (χ3n) is 0.244. The molecule has 0 nitrogen and oxygen atoms in total. The van der Waals surface area contributed by atoms with Crippen LogP contribution in [0, 0.1) is 12.1 Å². The van der Waals surface area contributed by atoms with Crippen LogP contribution in [-0.2, 0) is 0 Å². The summed E-state index contributed by atoms with van der Waals surface area (Å²) in [6.45, 7) is 1.80. The molecule has 0 aliphatic heterocycles. The minimum atomic E-state index is 0.608. The zero-order chi connectivity index (χ0) is 4.12. The highest BCUT2D eigenvalue weighted by atomic mass is 19.1. The first kappa shape index (κ1) is 4.49. The van der Waals surface area contributed by atoms with Crippen molar-refractivity contribution in [2.75, 3.05) is 0 Å². The molecular formula is C4H5F. The van der Waals surface area contributed by atoms with E-state index in [1.807, 2.05) is 0 Å². The summed E-state index contributed by atoms with van der Waals surface area (Å²) in [6, 6.07) is 0. The van der Waals surface area contributed by atoms with E-state index in [0.717, 1.165) is 0 Å². The lowest BCUT2D eigenvalue weighted by atomic mass is 10.5. The normalized spacial score (nSPS) is 5.20. The zero-order valence-electron chi connectivity index (χ0n) is 3.09. The fourth-order valence-electron chi connectivity index (χ4n) is 0.0668. The molecule has 28 valence electrons. The Balaban J connectivity index is 2.81. The van der Waals surface area contributed by atoms with Crippen molar-refractivity contribution >= 4 is 0 Å². The summed E-state index contributed by atoms with van der Waals surface area (Å²) in [6.07, 6.45) is 1.88. The Bertz CT molecular complexity index is 55.8. The average molecular weight is 72.1 g/mol. The topological polar surface area (TPSA) is 0 Å². The highest BCUT2D eigenvalue weighted by Crippen LogP contribution is 1.64. The third-order valence-corrected chi connectivity index (χ3v) is 0.244. The maximum atomic E-state index is 10.6. The predicted octanol–water partition coefficient (Wildman–Crippen LogP) is 1.33. The van der Waals surface area contributed by atoms with Gasteiger partial charge in [0.1, 0.15) is 6.17 Å². The van der Waals surface area contributed by atoms with Crippen LogP contribution in [0.15, 0.2) is 0 Å². The van der Waals surface area contributed by atoms with Crippen LogP contribution in [-0.4, -0.2) is 0 Å². The van der Waals surface area contributed by atoms with Gasteiger partial charge in [-0.1, -0.05) is 12.8 Å². The Hall–Kier alpha value is -0.510. The van der Waals surface area contributed by atoms with Gasteiger partial charge < -0.3 is 0 Å². The Morgan fingerprint density at radius 2 is 2.40 bits per heavy atom. The van der Waals surface area contributed by atoms with Crippen LogP contribution in [0.2, 0.25) is 0 Å². The van der Waals surface area contributed by atoms with Crippen molar-refractivity contribution in [1.82, 2.24) is 0 Å². The van der Waals surface area contributed by atoms with Gasteiger partial charge >= 0.3 is 0 Å². The van der Waals surface area contributed by atoms with Crippen molar-refractivity contribution in [2.24, 2.45) is 0 Å². The third kappa shape index (κ3) is 3.49. The molecular weight excluding hydrogens is 67.0 g/mol. The van der Waals surface area contributed by atoms with Crippen LogP contribution in [0.5, 0.6) is 0 Å². The van der Waals surface area contributed by atoms with Gasteiger partial charge in [0, 0.05) is 6.42 Å². The van der Waals surface area contributed by atoms with Crippen LogP contribution >= 0.6 is 0 Å². The Kier molecular flexibility index (Phi) is 3.13. The van der Waals surface area contributed by atoms with Crippen LogP contribution in [0.1, 0.15) is 13.3 Å². The van der Waals surface area contributed by atoms with Gasteiger partial charge in [-0.15, -0.1) is 4.39 Å². The molecule has 0 aromatic carbocycles. The number of hydrogen-bond acceptors (Lipinski definition) is 0. The van der Waals surface area contributed by atoms with Gasteiger partial charge in [-0.2, -0.15) is 0 Å². The van der Waals surface area contributed by atoms with Crippen molar-refractivity contribution in [2.45, 2.75) is 13.3 Å². The standard InChI is InChI=1S/C4H5F/c1-2-3-4-5/h2H2,1H3. The molecule has 0 bridgehead atoms. The van der Waals surface area contributed by atoms with Gasteiger partial charge in [0.25, 0.3) is 0 Å². The lowest BCUT2D eigenvalue weighted by Crippen LogP contribution is -1.43. The van der Waals surface area contributed by atoms with Crippen molar-refractivity contribution < 1.29 is 4.39 Å². The number of halogens is 1. The Morgan fingerprint density at radius 3 is 2.40 bits per heavy atom. The molecule has 0 unspecified atom stereocenters. The van der Waals surface area contributed by atoms with E-state index in [4.69, 9.17) is 0 Å². The molecule has 5 heavy (non-hydrogen) atoms. The largest absolute Gasteiger partial charge is 0.144 e. The molecule has 0 aliphatic rings. The smallest absolute Gasteiger partial charge is 0.105 e. The Labute approximate surface area is 31.0 Å². The van der Waals surface area contributed by atoms with E-state index >= 15 is 0 Å². The van der Waals surface area contributed by atoms with Crippen LogP contribution in [0.3, 0.4) is 0 Å². The molecule has 0 spiro atoms. The van der Waals surface area contributed by atoms with Crippen molar-refractivity contribution in [3.05, 3.63) is 0 Å². The SMILES string of the molecule is CCC#CF. The summed E-state index contributed by atoms with van der Waals surface area (Å²) >= 11 is 0. The highest BCUT2D eigenvalue weighted by molar-refractivity contribution is 4.87. The fraction of sp³-hybridized carbons (Fsp3) is 0.500. The summed E-state index contributed by atoms with van der Waals surface area (Å²) in [5.74, 6) is 2.19. The van der Waals surface area contributed by atoms with E-state index in [-0.39, 0.29) is 0 Å². The Morgan fingerprint density at radius 1 is 1.80 bits per heavy atom. The second kappa shape index (κ2) is 3.49. The van der Waals surface area contributed by atoms with E-state index in [1.54, 1.807) is 6.92 Å². The molecule has 0 aromatic heterocycles. The second-order valence-electron chi connectivity index (χ2n) is 0.625. The first-order valence-electron chi connectivity index (χ1n) is 1.50. The molecule has 0 atom stereocenters. The first-order chi connectivity index (χ1) is 2.41. The van der Waals surface area contributed by atoms with Gasteiger partial charge in [-0.05, 0) is 0 Å². The molecule has 1 heteroatoms. The highest BCUT2D eigenvalue weighted by Gasteiger charge is 1.51. The monoisotopic (exact) mass is 72.0 g/mol. The molecule has 0 fully saturated rings. The summed E-state index contributed by atoms with van der Waals surface area (Å²) in [5, 5.41) is 0. The molecule has 0 saturated carbocycles. The minimum absolute atomic E-state index is 0.608. The quantitative estimate of drug-likeness (QED) is 0.379. The van der Waals surface area contributed by atoms with Gasteiger partial charge in [-0.3, -0.25) is 0 Å². The van der Waals surface area contributed by atoms with Gasteiger partial charge in [-0.25, -0.2) is 0 Å². The molecule has 0 amide bonds. The maximum Gasteiger partial charge on any atom is 0.105 e. The summed E-state index contributed by atoms with van der Waals surface area (Å²) in [4.78, 5) is 0. The molecule has 0 saturated heterocycles. The maximum absolute atomic E-state index is 10.6. The summed E-state index contributed by atoms with van der Waals surface area (Å²) in [5.41, 5.74) is 0. The van der Waals surface area contributed by atoms with Crippen molar-refractivity contribution in [3.63, 3.8) is 0 Å². The van der Waals surface area contributed by atoms with E-state index in [9.17, 15) is 4.39 Å². The molecule has 0 radical (unpaired) electrons. The first-order valence-corrected chi connectivity index (χ1v) is 1.50. The minimum Gasteiger partial charge on any atom is -0.144 e. The molecule has 0 rings (SSSR count). The fourth-order valence-corrected chi connectivity index (χ4v) is 0.0668. The predicted molar refractivity (Wildman–Crippen MR) is 19.2 cm³/mol. The zero-order valence-corrected chi connectivity index (χ0v) is 3.09. The lowest BCUT2D eigenvalue weighted by molar-refractivity contribution is 0.771. The van der Waals surface area contributed by atoms with E-state index < -0.39 is 0 Å². The van der Waals surface area contributed by atoms with E-state index in [1.165, 1.54) is 6.17 Å². The number of rotatable bonds is 0. The molecule has 0 aromatic rings. The summed E-state index contributed by atoms with van der Waals surface area (Å²) < 4.78 is 10.6. The molecule has 0 N–H and O–H groups in total. The molecule has 0 heterocycles. The van der Waals surface area contributed by atoms with Crippen molar-refractivity contribution in [1.29, 1.82) is 0 Å². The summed E-state index contributed by atoms with van der Waals surface area (Å²) in [7, 11) is 0. The van der Waals surface area contributed by atoms with Crippen molar-refractivity contribution in [3.8, 4) is 12.1 Å².